The van der Waals surface area contributed by atoms with E-state index < -0.39 is 11.4 Å². The highest BCUT2D eigenvalue weighted by atomic mass is 19.1. The van der Waals surface area contributed by atoms with Crippen molar-refractivity contribution < 1.29 is 13.9 Å². The topological polar surface area (TPSA) is 106 Å². The summed E-state index contributed by atoms with van der Waals surface area (Å²) >= 11 is 0. The normalized spacial score (nSPS) is 15.8. The maximum atomic E-state index is 15.4. The molecule has 2 aromatic heterocycles. The SMILES string of the molecule is C=CC(=O)N1CCCC(n2cc(-c3ccc(Oc4ccccc4)cc3F)c3c(N)n[nH]c(=O)c32)C1. The molecule has 8 nitrogen and oxygen atoms in total. The molecule has 1 fully saturated rings. The number of nitrogens with zero attached hydrogens (tertiary/aromatic N) is 3. The highest BCUT2D eigenvalue weighted by Gasteiger charge is 2.28. The Hall–Kier alpha value is -4.40. The number of nitrogen functional groups attached to an aromatic ring is 1. The van der Waals surface area contributed by atoms with Crippen LogP contribution in [0.4, 0.5) is 10.2 Å². The molecular formula is C26H24FN5O3. The van der Waals surface area contributed by atoms with Gasteiger partial charge in [0.15, 0.2) is 5.82 Å². The van der Waals surface area contributed by atoms with Gasteiger partial charge in [-0.1, -0.05) is 24.8 Å². The molecule has 1 atom stereocenters. The van der Waals surface area contributed by atoms with Crippen molar-refractivity contribution in [2.75, 3.05) is 18.8 Å². The van der Waals surface area contributed by atoms with Crippen molar-refractivity contribution in [2.24, 2.45) is 0 Å². The van der Waals surface area contributed by atoms with Gasteiger partial charge in [0.1, 0.15) is 22.8 Å². The third kappa shape index (κ3) is 4.16. The molecule has 1 amide bonds. The molecule has 0 radical (unpaired) electrons. The van der Waals surface area contributed by atoms with Crippen molar-refractivity contribution in [3.05, 3.63) is 83.6 Å². The summed E-state index contributed by atoms with van der Waals surface area (Å²) in [5.74, 6) is 0.334. The number of likely N-dealkylation sites (tertiary alicyclic amines) is 1. The van der Waals surface area contributed by atoms with E-state index in [0.717, 1.165) is 12.8 Å². The van der Waals surface area contributed by atoms with E-state index in [0.29, 0.717) is 41.1 Å². The van der Waals surface area contributed by atoms with Crippen molar-refractivity contribution in [3.8, 4) is 22.6 Å². The number of piperidine rings is 1. The minimum absolute atomic E-state index is 0.0900. The van der Waals surface area contributed by atoms with Crippen LogP contribution in [-0.2, 0) is 4.79 Å². The van der Waals surface area contributed by atoms with Crippen molar-refractivity contribution in [1.29, 1.82) is 0 Å². The lowest BCUT2D eigenvalue weighted by Crippen LogP contribution is -2.40. The number of hydrogen-bond acceptors (Lipinski definition) is 5. The molecule has 5 rings (SSSR count). The van der Waals surface area contributed by atoms with Gasteiger partial charge in [0, 0.05) is 36.5 Å². The number of hydrogen-bond donors (Lipinski definition) is 2. The molecule has 35 heavy (non-hydrogen) atoms. The van der Waals surface area contributed by atoms with Crippen LogP contribution in [0.25, 0.3) is 22.0 Å². The van der Waals surface area contributed by atoms with Gasteiger partial charge in [-0.3, -0.25) is 9.59 Å². The minimum Gasteiger partial charge on any atom is -0.457 e. The molecule has 0 bridgehead atoms. The van der Waals surface area contributed by atoms with E-state index in [2.05, 4.69) is 16.8 Å². The minimum atomic E-state index is -0.524. The average Bonchev–Trinajstić information content (AvgIpc) is 3.28. The molecule has 1 aliphatic rings. The largest absolute Gasteiger partial charge is 0.457 e. The molecule has 3 heterocycles. The molecule has 1 saturated heterocycles. The number of nitrogens with two attached hydrogens (primary N) is 1. The van der Waals surface area contributed by atoms with Crippen LogP contribution in [-0.4, -0.2) is 38.7 Å². The van der Waals surface area contributed by atoms with Gasteiger partial charge in [-0.25, -0.2) is 9.49 Å². The molecule has 0 aliphatic carbocycles. The summed E-state index contributed by atoms with van der Waals surface area (Å²) in [4.78, 5) is 26.7. The molecule has 9 heteroatoms. The second kappa shape index (κ2) is 9.09. The molecule has 1 aliphatic heterocycles. The number of benzene rings is 2. The number of amides is 1. The lowest BCUT2D eigenvalue weighted by Gasteiger charge is -2.33. The Morgan fingerprint density at radius 3 is 2.74 bits per heavy atom. The van der Waals surface area contributed by atoms with E-state index in [1.54, 1.807) is 39.9 Å². The molecular weight excluding hydrogens is 449 g/mol. The van der Waals surface area contributed by atoms with E-state index in [1.165, 1.54) is 12.1 Å². The predicted molar refractivity (Wildman–Crippen MR) is 132 cm³/mol. The fourth-order valence-corrected chi connectivity index (χ4v) is 4.64. The van der Waals surface area contributed by atoms with Crippen molar-refractivity contribution in [2.45, 2.75) is 18.9 Å². The first kappa shape index (κ1) is 22.4. The maximum absolute atomic E-state index is 15.4. The van der Waals surface area contributed by atoms with Gasteiger partial charge in [-0.2, -0.15) is 5.10 Å². The number of H-pyrrole nitrogens is 1. The Morgan fingerprint density at radius 2 is 2.00 bits per heavy atom. The summed E-state index contributed by atoms with van der Waals surface area (Å²) in [5, 5.41) is 6.71. The number of fused-ring (bicyclic) bond motifs is 1. The van der Waals surface area contributed by atoms with Crippen LogP contribution >= 0.6 is 0 Å². The smallest absolute Gasteiger partial charge is 0.288 e. The number of rotatable bonds is 5. The number of carbonyl (C=O) groups excluding carboxylic acids is 1. The first-order chi connectivity index (χ1) is 17.0. The van der Waals surface area contributed by atoms with Crippen LogP contribution in [0.15, 0.2) is 72.2 Å². The van der Waals surface area contributed by atoms with Gasteiger partial charge in [0.2, 0.25) is 5.91 Å². The highest BCUT2D eigenvalue weighted by molar-refractivity contribution is 6.02. The lowest BCUT2D eigenvalue weighted by atomic mass is 10.0. The van der Waals surface area contributed by atoms with E-state index in [4.69, 9.17) is 10.5 Å². The lowest BCUT2D eigenvalue weighted by molar-refractivity contribution is -0.127. The number of nitrogens with one attached hydrogen (secondary N) is 1. The zero-order chi connectivity index (χ0) is 24.5. The number of aromatic nitrogens is 3. The van der Waals surface area contributed by atoms with Crippen molar-refractivity contribution in [1.82, 2.24) is 19.7 Å². The predicted octanol–water partition coefficient (Wildman–Crippen LogP) is 4.25. The Bertz CT molecular complexity index is 1480. The fraction of sp³-hybridized carbons (Fsp3) is 0.192. The van der Waals surface area contributed by atoms with Crippen LogP contribution in [0.3, 0.4) is 0 Å². The number of aromatic amines is 1. The highest BCUT2D eigenvalue weighted by Crippen LogP contribution is 2.38. The average molecular weight is 474 g/mol. The second-order valence-electron chi connectivity index (χ2n) is 8.45. The molecule has 2 aromatic carbocycles. The third-order valence-electron chi connectivity index (χ3n) is 6.27. The van der Waals surface area contributed by atoms with Crippen molar-refractivity contribution >= 4 is 22.6 Å². The van der Waals surface area contributed by atoms with Crippen molar-refractivity contribution in [3.63, 3.8) is 0 Å². The maximum Gasteiger partial charge on any atom is 0.288 e. The zero-order valence-corrected chi connectivity index (χ0v) is 18.9. The van der Waals surface area contributed by atoms with Gasteiger partial charge in [-0.05, 0) is 43.2 Å². The standard InChI is InChI=1S/C26H24FN5O3/c1-2-22(33)31-12-6-7-16(14-31)32-15-20(23-24(32)26(34)30-29-25(23)28)19-11-10-18(13-21(19)27)35-17-8-4-3-5-9-17/h2-5,8-11,13,15-16H,1,6-7,12,14H2,(H2,28,29)(H,30,34). The van der Waals surface area contributed by atoms with Crippen LogP contribution in [0.5, 0.6) is 11.5 Å². The Balaban J connectivity index is 1.59. The number of anilines is 1. The Kier molecular flexibility index (Phi) is 5.82. The number of para-hydroxylation sites is 1. The third-order valence-corrected chi connectivity index (χ3v) is 6.27. The summed E-state index contributed by atoms with van der Waals surface area (Å²) in [6.45, 7) is 4.59. The molecule has 4 aromatic rings. The molecule has 0 spiro atoms. The number of carbonyl (C=O) groups is 1. The van der Waals surface area contributed by atoms with Crippen LogP contribution in [0, 0.1) is 5.82 Å². The van der Waals surface area contributed by atoms with Gasteiger partial charge in [-0.15, -0.1) is 0 Å². The fourth-order valence-electron chi connectivity index (χ4n) is 4.64. The Morgan fingerprint density at radius 1 is 1.20 bits per heavy atom. The number of ether oxygens (including phenoxy) is 1. The number of halogens is 1. The molecule has 0 saturated carbocycles. The Labute approximate surface area is 200 Å². The quantitative estimate of drug-likeness (QED) is 0.422. The van der Waals surface area contributed by atoms with E-state index in [1.807, 2.05) is 18.2 Å². The summed E-state index contributed by atoms with van der Waals surface area (Å²) in [6, 6.07) is 13.5. The van der Waals surface area contributed by atoms with Gasteiger partial charge < -0.3 is 19.9 Å². The van der Waals surface area contributed by atoms with E-state index in [-0.39, 0.29) is 23.3 Å². The van der Waals surface area contributed by atoms with Gasteiger partial charge in [0.25, 0.3) is 5.56 Å². The molecule has 1 unspecified atom stereocenters. The summed E-state index contributed by atoms with van der Waals surface area (Å²) < 4.78 is 22.9. The first-order valence-electron chi connectivity index (χ1n) is 11.3. The van der Waals surface area contributed by atoms with Crippen LogP contribution in [0.1, 0.15) is 18.9 Å². The van der Waals surface area contributed by atoms with E-state index in [9.17, 15) is 9.59 Å². The van der Waals surface area contributed by atoms with Crippen LogP contribution in [0.2, 0.25) is 0 Å². The van der Waals surface area contributed by atoms with E-state index >= 15 is 4.39 Å². The second-order valence-corrected chi connectivity index (χ2v) is 8.45. The van der Waals surface area contributed by atoms with Crippen LogP contribution < -0.4 is 16.0 Å². The van der Waals surface area contributed by atoms with Gasteiger partial charge >= 0.3 is 0 Å². The monoisotopic (exact) mass is 473 g/mol. The summed E-state index contributed by atoms with van der Waals surface area (Å²) in [5.41, 5.74) is 6.75. The molecule has 178 valence electrons. The molecule has 3 N–H and O–H groups in total. The summed E-state index contributed by atoms with van der Waals surface area (Å²) in [6.07, 6.45) is 4.52. The van der Waals surface area contributed by atoms with Gasteiger partial charge in [0.05, 0.1) is 11.4 Å². The summed E-state index contributed by atoms with van der Waals surface area (Å²) in [7, 11) is 0. The zero-order valence-electron chi connectivity index (χ0n) is 18.9. The first-order valence-corrected chi connectivity index (χ1v) is 11.3.